The first-order valence-corrected chi connectivity index (χ1v) is 8.63. The zero-order valence-corrected chi connectivity index (χ0v) is 15.2. The molecule has 4 nitrogen and oxygen atoms in total. The lowest BCUT2D eigenvalue weighted by molar-refractivity contribution is -0.111. The van der Waals surface area contributed by atoms with Gasteiger partial charge in [0.15, 0.2) is 11.5 Å². The van der Waals surface area contributed by atoms with E-state index < -0.39 is 0 Å². The molecule has 0 atom stereocenters. The molecule has 3 rings (SSSR count). The number of benzene rings is 2. The molecule has 0 aromatic heterocycles. The van der Waals surface area contributed by atoms with Crippen molar-refractivity contribution in [3.05, 3.63) is 57.6 Å². The van der Waals surface area contributed by atoms with E-state index in [0.717, 1.165) is 17.5 Å². The van der Waals surface area contributed by atoms with Crippen LogP contribution in [0.5, 0.6) is 11.5 Å². The average molecular weight is 378 g/mol. The summed E-state index contributed by atoms with van der Waals surface area (Å²) in [4.78, 5) is 12.1. The van der Waals surface area contributed by atoms with E-state index in [1.807, 2.05) is 13.0 Å². The minimum atomic E-state index is -0.283. The maximum absolute atomic E-state index is 12.1. The van der Waals surface area contributed by atoms with Crippen LogP contribution in [0.15, 0.2) is 36.4 Å². The number of ether oxygens (including phenoxy) is 2. The van der Waals surface area contributed by atoms with Crippen molar-refractivity contribution < 1.29 is 14.3 Å². The quantitative estimate of drug-likeness (QED) is 0.755. The average Bonchev–Trinajstić information content (AvgIpc) is 2.81. The fraction of sp³-hybridized carbons (Fsp3) is 0.211. The van der Waals surface area contributed by atoms with Gasteiger partial charge in [0.1, 0.15) is 0 Å². The Bertz CT molecular complexity index is 834. The van der Waals surface area contributed by atoms with E-state index in [1.54, 1.807) is 30.3 Å². The molecule has 6 heteroatoms. The van der Waals surface area contributed by atoms with Crippen LogP contribution in [0, 0.1) is 6.92 Å². The number of nitrogens with one attached hydrogen (secondary N) is 1. The second-order valence-electron chi connectivity index (χ2n) is 5.69. The molecule has 2 aromatic carbocycles. The first-order chi connectivity index (χ1) is 12.0. The summed E-state index contributed by atoms with van der Waals surface area (Å²) in [6.07, 6.45) is 3.89. The Labute approximate surface area is 156 Å². The lowest BCUT2D eigenvalue weighted by Crippen LogP contribution is -2.08. The number of carbonyl (C=O) groups excluding carboxylic acids is 1. The van der Waals surface area contributed by atoms with Gasteiger partial charge in [-0.25, -0.2) is 0 Å². The van der Waals surface area contributed by atoms with Gasteiger partial charge in [0, 0.05) is 12.5 Å². The van der Waals surface area contributed by atoms with Crippen molar-refractivity contribution in [2.45, 2.75) is 13.3 Å². The first-order valence-electron chi connectivity index (χ1n) is 7.87. The van der Waals surface area contributed by atoms with Crippen LogP contribution in [0.4, 0.5) is 5.69 Å². The van der Waals surface area contributed by atoms with E-state index in [-0.39, 0.29) is 5.91 Å². The zero-order chi connectivity index (χ0) is 17.8. The number of aryl methyl sites for hydroxylation is 1. The molecule has 1 aliphatic rings. The predicted octanol–water partition coefficient (Wildman–Crippen LogP) is 5.12. The van der Waals surface area contributed by atoms with Crippen LogP contribution in [-0.4, -0.2) is 19.1 Å². The molecule has 0 saturated heterocycles. The number of rotatable bonds is 3. The molecule has 2 aromatic rings. The van der Waals surface area contributed by atoms with Gasteiger partial charge < -0.3 is 14.8 Å². The van der Waals surface area contributed by atoms with Crippen LogP contribution in [0.3, 0.4) is 0 Å². The van der Waals surface area contributed by atoms with E-state index in [1.165, 1.54) is 6.08 Å². The number of fused-ring (bicyclic) bond motifs is 1. The molecule has 25 heavy (non-hydrogen) atoms. The number of amides is 1. The Morgan fingerprint density at radius 1 is 1.12 bits per heavy atom. The second kappa shape index (κ2) is 7.81. The Kier molecular flexibility index (Phi) is 5.51. The maximum Gasteiger partial charge on any atom is 0.248 e. The molecule has 0 unspecified atom stereocenters. The summed E-state index contributed by atoms with van der Waals surface area (Å²) in [5.74, 6) is 0.854. The summed E-state index contributed by atoms with van der Waals surface area (Å²) >= 11 is 12.4. The van der Waals surface area contributed by atoms with Gasteiger partial charge in [-0.2, -0.15) is 0 Å². The minimum Gasteiger partial charge on any atom is -0.489 e. The van der Waals surface area contributed by atoms with E-state index in [4.69, 9.17) is 32.7 Å². The molecule has 1 aliphatic heterocycles. The highest BCUT2D eigenvalue weighted by molar-refractivity contribution is 6.34. The van der Waals surface area contributed by atoms with Crippen molar-refractivity contribution in [1.29, 1.82) is 0 Å². The first kappa shape index (κ1) is 17.6. The van der Waals surface area contributed by atoms with Crippen LogP contribution in [0.25, 0.3) is 6.08 Å². The number of hydrogen-bond acceptors (Lipinski definition) is 3. The largest absolute Gasteiger partial charge is 0.489 e. The van der Waals surface area contributed by atoms with Gasteiger partial charge in [-0.1, -0.05) is 29.3 Å². The van der Waals surface area contributed by atoms with Crippen LogP contribution in [0.2, 0.25) is 10.0 Å². The fourth-order valence-electron chi connectivity index (χ4n) is 2.41. The summed E-state index contributed by atoms with van der Waals surface area (Å²) < 4.78 is 11.2. The third kappa shape index (κ3) is 4.47. The van der Waals surface area contributed by atoms with Crippen molar-refractivity contribution in [1.82, 2.24) is 0 Å². The summed E-state index contributed by atoms with van der Waals surface area (Å²) in [5.41, 5.74) is 2.35. The molecular weight excluding hydrogens is 361 g/mol. The summed E-state index contributed by atoms with van der Waals surface area (Å²) in [6, 6.07) is 8.99. The van der Waals surface area contributed by atoms with Crippen LogP contribution >= 0.6 is 23.2 Å². The van der Waals surface area contributed by atoms with Gasteiger partial charge in [0.25, 0.3) is 0 Å². The third-order valence-corrected chi connectivity index (χ3v) is 4.23. The molecule has 1 heterocycles. The lowest BCUT2D eigenvalue weighted by Gasteiger charge is -2.10. The van der Waals surface area contributed by atoms with Crippen molar-refractivity contribution in [2.75, 3.05) is 18.5 Å². The molecule has 1 N–H and O–H groups in total. The highest BCUT2D eigenvalue weighted by Gasteiger charge is 2.15. The molecule has 0 radical (unpaired) electrons. The summed E-state index contributed by atoms with van der Waals surface area (Å²) in [6.45, 7) is 3.08. The number of halogens is 2. The van der Waals surface area contributed by atoms with Crippen molar-refractivity contribution in [3.8, 4) is 11.5 Å². The fourth-order valence-corrected chi connectivity index (χ4v) is 2.97. The Balaban J connectivity index is 1.74. The molecular formula is C19H17Cl2NO3. The van der Waals surface area contributed by atoms with Crippen LogP contribution < -0.4 is 14.8 Å². The Morgan fingerprint density at radius 2 is 1.92 bits per heavy atom. The van der Waals surface area contributed by atoms with Gasteiger partial charge >= 0.3 is 0 Å². The molecule has 0 bridgehead atoms. The Morgan fingerprint density at radius 3 is 2.72 bits per heavy atom. The normalized spacial score (nSPS) is 13.6. The van der Waals surface area contributed by atoms with Crippen LogP contribution in [-0.2, 0) is 4.79 Å². The molecule has 0 aliphatic carbocycles. The predicted molar refractivity (Wildman–Crippen MR) is 101 cm³/mol. The van der Waals surface area contributed by atoms with Gasteiger partial charge in [-0.05, 0) is 48.4 Å². The van der Waals surface area contributed by atoms with Gasteiger partial charge in [-0.3, -0.25) is 4.79 Å². The SMILES string of the molecule is Cc1ccc(NC(=O)/C=C/c2cc(Cl)c3c(c2)OCCCO3)c(Cl)c1. The minimum absolute atomic E-state index is 0.283. The van der Waals surface area contributed by atoms with E-state index in [0.29, 0.717) is 40.4 Å². The van der Waals surface area contributed by atoms with Crippen molar-refractivity contribution in [2.24, 2.45) is 0 Å². The topological polar surface area (TPSA) is 47.6 Å². The zero-order valence-electron chi connectivity index (χ0n) is 13.6. The van der Waals surface area contributed by atoms with Crippen molar-refractivity contribution in [3.63, 3.8) is 0 Å². The van der Waals surface area contributed by atoms with E-state index in [2.05, 4.69) is 5.32 Å². The standard InChI is InChI=1S/C19H17Cl2NO3/c1-12-3-5-16(14(20)9-12)22-18(23)6-4-13-10-15(21)19-17(11-13)24-7-2-8-25-19/h3-6,9-11H,2,7-8H2,1H3,(H,22,23)/b6-4+. The maximum atomic E-state index is 12.1. The monoisotopic (exact) mass is 377 g/mol. The lowest BCUT2D eigenvalue weighted by atomic mass is 10.2. The van der Waals surface area contributed by atoms with Crippen LogP contribution in [0.1, 0.15) is 17.5 Å². The van der Waals surface area contributed by atoms with Gasteiger partial charge in [0.2, 0.25) is 5.91 Å². The summed E-state index contributed by atoms with van der Waals surface area (Å²) in [7, 11) is 0. The molecule has 0 saturated carbocycles. The second-order valence-corrected chi connectivity index (χ2v) is 6.50. The van der Waals surface area contributed by atoms with E-state index >= 15 is 0 Å². The van der Waals surface area contributed by atoms with Gasteiger partial charge in [-0.15, -0.1) is 0 Å². The summed E-state index contributed by atoms with van der Waals surface area (Å²) in [5, 5.41) is 3.71. The Hall–Kier alpha value is -2.17. The molecule has 0 fully saturated rings. The highest BCUT2D eigenvalue weighted by Crippen LogP contribution is 2.38. The smallest absolute Gasteiger partial charge is 0.248 e. The number of anilines is 1. The molecule has 1 amide bonds. The third-order valence-electron chi connectivity index (χ3n) is 3.63. The molecule has 130 valence electrons. The number of carbonyl (C=O) groups is 1. The van der Waals surface area contributed by atoms with Crippen molar-refractivity contribution >= 4 is 40.9 Å². The molecule has 0 spiro atoms. The van der Waals surface area contributed by atoms with E-state index in [9.17, 15) is 4.79 Å². The highest BCUT2D eigenvalue weighted by atomic mass is 35.5. The number of hydrogen-bond donors (Lipinski definition) is 1. The van der Waals surface area contributed by atoms with Gasteiger partial charge in [0.05, 0.1) is 28.9 Å².